The zero-order chi connectivity index (χ0) is 28.1. The Hall–Kier alpha value is -4.19. The van der Waals surface area contributed by atoms with Gasteiger partial charge in [0.1, 0.15) is 6.04 Å². The van der Waals surface area contributed by atoms with E-state index in [4.69, 9.17) is 9.47 Å². The van der Waals surface area contributed by atoms with Gasteiger partial charge in [-0.15, -0.1) is 0 Å². The third kappa shape index (κ3) is 3.96. The molecule has 6 heteroatoms. The van der Waals surface area contributed by atoms with E-state index in [-0.39, 0.29) is 35.3 Å². The van der Waals surface area contributed by atoms with Crippen molar-refractivity contribution in [3.8, 4) is 11.5 Å². The van der Waals surface area contributed by atoms with Gasteiger partial charge in [-0.05, 0) is 59.2 Å². The van der Waals surface area contributed by atoms with Gasteiger partial charge in [0.2, 0.25) is 11.8 Å². The molecule has 0 N–H and O–H groups in total. The van der Waals surface area contributed by atoms with Gasteiger partial charge >= 0.3 is 5.97 Å². The van der Waals surface area contributed by atoms with E-state index in [1.54, 1.807) is 12.1 Å². The van der Waals surface area contributed by atoms with Crippen LogP contribution in [0.5, 0.6) is 11.5 Å². The molecular weight excluding hydrogens is 502 g/mol. The summed E-state index contributed by atoms with van der Waals surface area (Å²) in [5, 5.41) is 0. The van der Waals surface area contributed by atoms with Crippen molar-refractivity contribution in [3.63, 3.8) is 0 Å². The molecule has 40 heavy (non-hydrogen) atoms. The maximum absolute atomic E-state index is 14.2. The summed E-state index contributed by atoms with van der Waals surface area (Å²) in [6, 6.07) is 20.5. The maximum atomic E-state index is 14.2. The van der Waals surface area contributed by atoms with Crippen LogP contribution in [0.15, 0.2) is 72.8 Å². The molecule has 3 aromatic carbocycles. The number of allylic oxidation sites excluding steroid dienone is 1. The second-order valence-electron chi connectivity index (χ2n) is 11.3. The standard InChI is InChI=1S/C34H33NO5/c1-5-10-20-15-16-26(27(18-20)39-4)40-34(38)25(17-19(2)3)35-32(36)30-28-21-11-6-7-12-22(21)29(31(30)33(35)37)24-14-9-8-13-23(24)28/h5-16,18-19,25,28-31H,17H2,1-4H3/b10-5+. The number of carbonyl (C=O) groups excluding carboxylic acids is 3. The first-order valence-electron chi connectivity index (χ1n) is 13.9. The van der Waals surface area contributed by atoms with Gasteiger partial charge in [0, 0.05) is 11.8 Å². The molecule has 7 rings (SSSR count). The average molecular weight is 536 g/mol. The third-order valence-corrected chi connectivity index (χ3v) is 8.52. The second kappa shape index (κ2) is 10.1. The number of benzene rings is 3. The van der Waals surface area contributed by atoms with Crippen LogP contribution in [0.4, 0.5) is 0 Å². The molecule has 6 nitrogen and oxygen atoms in total. The van der Waals surface area contributed by atoms with Crippen molar-refractivity contribution in [2.75, 3.05) is 7.11 Å². The fraction of sp³-hybridized carbons (Fsp3) is 0.324. The topological polar surface area (TPSA) is 72.9 Å². The minimum atomic E-state index is -1.03. The molecule has 0 spiro atoms. The lowest BCUT2D eigenvalue weighted by Crippen LogP contribution is -2.48. The summed E-state index contributed by atoms with van der Waals surface area (Å²) in [6.07, 6.45) is 4.14. The fourth-order valence-corrected chi connectivity index (χ4v) is 7.00. The first kappa shape index (κ1) is 26.1. The Morgan fingerprint density at radius 1 is 0.850 bits per heavy atom. The number of carbonyl (C=O) groups is 3. The van der Waals surface area contributed by atoms with Gasteiger partial charge < -0.3 is 9.47 Å². The van der Waals surface area contributed by atoms with Gasteiger partial charge in [-0.25, -0.2) is 4.79 Å². The van der Waals surface area contributed by atoms with Crippen LogP contribution < -0.4 is 9.47 Å². The molecule has 3 unspecified atom stereocenters. The van der Waals surface area contributed by atoms with Gasteiger partial charge in [-0.1, -0.05) is 80.6 Å². The smallest absolute Gasteiger partial charge is 0.334 e. The molecule has 1 heterocycles. The van der Waals surface area contributed by atoms with E-state index in [9.17, 15) is 14.4 Å². The Morgan fingerprint density at radius 3 is 1.82 bits per heavy atom. The molecule has 0 aromatic heterocycles. The number of hydrogen-bond donors (Lipinski definition) is 0. The number of likely N-dealkylation sites (tertiary alicyclic amines) is 1. The van der Waals surface area contributed by atoms with Crippen molar-refractivity contribution < 1.29 is 23.9 Å². The lowest BCUT2D eigenvalue weighted by atomic mass is 9.55. The van der Waals surface area contributed by atoms with E-state index in [2.05, 4.69) is 24.3 Å². The number of ether oxygens (including phenoxy) is 2. The summed E-state index contributed by atoms with van der Waals surface area (Å²) >= 11 is 0. The van der Waals surface area contributed by atoms with Crippen molar-refractivity contribution in [3.05, 3.63) is 101 Å². The Balaban J connectivity index is 1.38. The predicted molar refractivity (Wildman–Crippen MR) is 152 cm³/mol. The fourth-order valence-electron chi connectivity index (χ4n) is 7.00. The highest BCUT2D eigenvalue weighted by Crippen LogP contribution is 2.61. The van der Waals surface area contributed by atoms with Crippen molar-refractivity contribution in [2.45, 2.75) is 45.1 Å². The lowest BCUT2D eigenvalue weighted by molar-refractivity contribution is -0.154. The highest BCUT2D eigenvalue weighted by molar-refractivity contribution is 6.10. The minimum absolute atomic E-state index is 0.0471. The lowest BCUT2D eigenvalue weighted by Gasteiger charge is -2.45. The first-order valence-corrected chi connectivity index (χ1v) is 13.9. The zero-order valence-corrected chi connectivity index (χ0v) is 23.2. The van der Waals surface area contributed by atoms with Gasteiger partial charge in [0.05, 0.1) is 18.9 Å². The molecule has 3 aliphatic carbocycles. The maximum Gasteiger partial charge on any atom is 0.334 e. The number of esters is 1. The highest BCUT2D eigenvalue weighted by atomic mass is 16.6. The largest absolute Gasteiger partial charge is 0.493 e. The molecular formula is C34H33NO5. The Bertz CT molecular complexity index is 1420. The number of amides is 2. The molecule has 1 saturated heterocycles. The summed E-state index contributed by atoms with van der Waals surface area (Å²) in [4.78, 5) is 43.5. The van der Waals surface area contributed by atoms with E-state index in [0.29, 0.717) is 12.2 Å². The number of nitrogens with zero attached hydrogens (tertiary/aromatic N) is 1. The number of methoxy groups -OCH3 is 1. The van der Waals surface area contributed by atoms with Crippen LogP contribution >= 0.6 is 0 Å². The summed E-state index contributed by atoms with van der Waals surface area (Å²) in [5.74, 6) is -2.02. The Labute approximate surface area is 234 Å². The van der Waals surface area contributed by atoms with Crippen molar-refractivity contribution in [1.29, 1.82) is 0 Å². The Morgan fingerprint density at radius 2 is 1.38 bits per heavy atom. The van der Waals surface area contributed by atoms with Crippen molar-refractivity contribution in [1.82, 2.24) is 4.90 Å². The normalized spacial score (nSPS) is 23.3. The van der Waals surface area contributed by atoms with Crippen LogP contribution in [-0.4, -0.2) is 35.8 Å². The monoisotopic (exact) mass is 535 g/mol. The number of rotatable bonds is 7. The van der Waals surface area contributed by atoms with Crippen LogP contribution in [-0.2, 0) is 14.4 Å². The quantitative estimate of drug-likeness (QED) is 0.213. The van der Waals surface area contributed by atoms with Crippen LogP contribution in [0.1, 0.15) is 66.8 Å². The van der Waals surface area contributed by atoms with Crippen molar-refractivity contribution >= 4 is 23.9 Å². The van der Waals surface area contributed by atoms with E-state index in [0.717, 1.165) is 27.8 Å². The van der Waals surface area contributed by atoms with Crippen LogP contribution in [0.2, 0.25) is 0 Å². The molecule has 0 saturated carbocycles. The molecule has 1 aliphatic heterocycles. The predicted octanol–water partition coefficient (Wildman–Crippen LogP) is 5.94. The van der Waals surface area contributed by atoms with Crippen LogP contribution in [0, 0.1) is 17.8 Å². The summed E-state index contributed by atoms with van der Waals surface area (Å²) in [7, 11) is 1.51. The van der Waals surface area contributed by atoms with Crippen molar-refractivity contribution in [2.24, 2.45) is 17.8 Å². The molecule has 2 bridgehead atoms. The molecule has 3 atom stereocenters. The molecule has 204 valence electrons. The minimum Gasteiger partial charge on any atom is -0.493 e. The SMILES string of the molecule is C/C=C/c1ccc(OC(=O)C(CC(C)C)N2C(=O)C3C4c5ccccc5C(c5ccccc54)C3C2=O)c(OC)c1. The average Bonchev–Trinajstić information content (AvgIpc) is 3.22. The molecule has 3 aromatic rings. The van der Waals surface area contributed by atoms with E-state index < -0.39 is 23.8 Å². The van der Waals surface area contributed by atoms with Gasteiger partial charge in [0.15, 0.2) is 11.5 Å². The van der Waals surface area contributed by atoms with Gasteiger partial charge in [-0.2, -0.15) is 0 Å². The van der Waals surface area contributed by atoms with E-state index in [1.807, 2.05) is 63.3 Å². The van der Waals surface area contributed by atoms with Crippen LogP contribution in [0.3, 0.4) is 0 Å². The number of hydrogen-bond acceptors (Lipinski definition) is 5. The molecule has 1 fully saturated rings. The molecule has 4 aliphatic rings. The summed E-state index contributed by atoms with van der Waals surface area (Å²) in [6.45, 7) is 5.86. The molecule has 0 radical (unpaired) electrons. The molecule has 2 amide bonds. The van der Waals surface area contributed by atoms with Crippen LogP contribution in [0.25, 0.3) is 6.08 Å². The summed E-state index contributed by atoms with van der Waals surface area (Å²) < 4.78 is 11.3. The van der Waals surface area contributed by atoms with E-state index >= 15 is 0 Å². The third-order valence-electron chi connectivity index (χ3n) is 8.52. The van der Waals surface area contributed by atoms with E-state index in [1.165, 1.54) is 12.0 Å². The first-order chi connectivity index (χ1) is 19.3. The Kier molecular flexibility index (Phi) is 6.57. The number of imide groups is 1. The summed E-state index contributed by atoms with van der Waals surface area (Å²) in [5.41, 5.74) is 5.31. The van der Waals surface area contributed by atoms with Gasteiger partial charge in [-0.3, -0.25) is 14.5 Å². The highest BCUT2D eigenvalue weighted by Gasteiger charge is 2.63. The zero-order valence-electron chi connectivity index (χ0n) is 23.2. The second-order valence-corrected chi connectivity index (χ2v) is 11.3. The van der Waals surface area contributed by atoms with Gasteiger partial charge in [0.25, 0.3) is 0 Å².